The largest absolute Gasteiger partial charge is 0.336 e. The van der Waals surface area contributed by atoms with E-state index in [4.69, 9.17) is 11.6 Å². The molecule has 2 saturated heterocycles. The predicted octanol–water partition coefficient (Wildman–Crippen LogP) is 1.52. The van der Waals surface area contributed by atoms with Crippen molar-refractivity contribution in [2.75, 3.05) is 32.7 Å². The van der Waals surface area contributed by atoms with Gasteiger partial charge in [0.15, 0.2) is 0 Å². The van der Waals surface area contributed by atoms with Crippen molar-refractivity contribution in [1.29, 1.82) is 0 Å². The standard InChI is InChI=1S/C16H19ClFN3O2/c17-12-4-1-5-13(18)15(12)16(23)20-7-2-3-11(10-20)21-8-6-19-9-14(21)22/h1,4-5,11,19H,2-3,6-10H2. The summed E-state index contributed by atoms with van der Waals surface area (Å²) in [6, 6.07) is 4.22. The first-order valence-electron chi connectivity index (χ1n) is 7.81. The quantitative estimate of drug-likeness (QED) is 0.888. The Morgan fingerprint density at radius 3 is 2.91 bits per heavy atom. The number of nitrogens with zero attached hydrogens (tertiary/aromatic N) is 2. The van der Waals surface area contributed by atoms with Crippen LogP contribution in [0.2, 0.25) is 5.02 Å². The molecule has 1 N–H and O–H groups in total. The van der Waals surface area contributed by atoms with Gasteiger partial charge in [-0.1, -0.05) is 17.7 Å². The number of likely N-dealkylation sites (tertiary alicyclic amines) is 1. The zero-order chi connectivity index (χ0) is 16.4. The van der Waals surface area contributed by atoms with E-state index in [9.17, 15) is 14.0 Å². The number of benzene rings is 1. The maximum Gasteiger partial charge on any atom is 0.258 e. The summed E-state index contributed by atoms with van der Waals surface area (Å²) < 4.78 is 14.0. The molecule has 1 atom stereocenters. The van der Waals surface area contributed by atoms with Crippen LogP contribution in [0.4, 0.5) is 4.39 Å². The summed E-state index contributed by atoms with van der Waals surface area (Å²) in [5.41, 5.74) is -0.0820. The average molecular weight is 340 g/mol. The van der Waals surface area contributed by atoms with E-state index in [0.717, 1.165) is 19.4 Å². The van der Waals surface area contributed by atoms with E-state index < -0.39 is 11.7 Å². The zero-order valence-corrected chi connectivity index (χ0v) is 13.5. The van der Waals surface area contributed by atoms with Gasteiger partial charge < -0.3 is 15.1 Å². The lowest BCUT2D eigenvalue weighted by atomic mass is 10.0. The van der Waals surface area contributed by atoms with Crippen LogP contribution < -0.4 is 5.32 Å². The lowest BCUT2D eigenvalue weighted by Gasteiger charge is -2.41. The zero-order valence-electron chi connectivity index (χ0n) is 12.7. The number of carbonyl (C=O) groups is 2. The van der Waals surface area contributed by atoms with E-state index in [1.165, 1.54) is 18.2 Å². The molecule has 2 amide bonds. The molecule has 1 aromatic carbocycles. The van der Waals surface area contributed by atoms with Crippen LogP contribution in [0.3, 0.4) is 0 Å². The first kappa shape index (κ1) is 16.2. The Bertz CT molecular complexity index is 605. The number of piperidine rings is 1. The normalized spacial score (nSPS) is 22.3. The van der Waals surface area contributed by atoms with E-state index in [-0.39, 0.29) is 22.5 Å². The van der Waals surface area contributed by atoms with Gasteiger partial charge in [0.05, 0.1) is 17.1 Å². The maximum atomic E-state index is 14.0. The van der Waals surface area contributed by atoms with E-state index in [1.54, 1.807) is 4.90 Å². The number of rotatable bonds is 2. The fourth-order valence-corrected chi connectivity index (χ4v) is 3.50. The molecule has 2 aliphatic heterocycles. The summed E-state index contributed by atoms with van der Waals surface area (Å²) in [7, 11) is 0. The van der Waals surface area contributed by atoms with Gasteiger partial charge in [-0.2, -0.15) is 0 Å². The number of carbonyl (C=O) groups excluding carboxylic acids is 2. The Kier molecular flexibility index (Phi) is 4.82. The van der Waals surface area contributed by atoms with Crippen molar-refractivity contribution < 1.29 is 14.0 Å². The molecule has 0 radical (unpaired) electrons. The molecule has 1 unspecified atom stereocenters. The van der Waals surface area contributed by atoms with Crippen LogP contribution in [-0.2, 0) is 4.79 Å². The van der Waals surface area contributed by atoms with Gasteiger partial charge >= 0.3 is 0 Å². The fraction of sp³-hybridized carbons (Fsp3) is 0.500. The Hall–Kier alpha value is -1.66. The van der Waals surface area contributed by atoms with Crippen LogP contribution in [0.25, 0.3) is 0 Å². The predicted molar refractivity (Wildman–Crippen MR) is 84.9 cm³/mol. The van der Waals surface area contributed by atoms with Crippen LogP contribution in [0.5, 0.6) is 0 Å². The number of nitrogens with one attached hydrogen (secondary N) is 1. The minimum atomic E-state index is -0.608. The lowest BCUT2D eigenvalue weighted by molar-refractivity contribution is -0.135. The van der Waals surface area contributed by atoms with Crippen LogP contribution in [0.1, 0.15) is 23.2 Å². The SMILES string of the molecule is O=C(c1c(F)cccc1Cl)N1CCCC(N2CCNCC2=O)C1. The van der Waals surface area contributed by atoms with Crippen LogP contribution in [0.15, 0.2) is 18.2 Å². The second-order valence-electron chi connectivity index (χ2n) is 5.91. The Morgan fingerprint density at radius 2 is 2.17 bits per heavy atom. The van der Waals surface area contributed by atoms with Crippen molar-refractivity contribution >= 4 is 23.4 Å². The topological polar surface area (TPSA) is 52.7 Å². The smallest absolute Gasteiger partial charge is 0.258 e. The summed E-state index contributed by atoms with van der Waals surface area (Å²) in [4.78, 5) is 28.1. The molecule has 5 nitrogen and oxygen atoms in total. The van der Waals surface area contributed by atoms with Crippen molar-refractivity contribution in [3.05, 3.63) is 34.6 Å². The second-order valence-corrected chi connectivity index (χ2v) is 6.31. The third kappa shape index (κ3) is 3.33. The van der Waals surface area contributed by atoms with Crippen molar-refractivity contribution in [2.45, 2.75) is 18.9 Å². The summed E-state index contributed by atoms with van der Waals surface area (Å²) in [5.74, 6) is -0.956. The number of halogens is 2. The number of amides is 2. The van der Waals surface area contributed by atoms with Gasteiger partial charge in [-0.05, 0) is 25.0 Å². The highest BCUT2D eigenvalue weighted by Gasteiger charge is 2.33. The molecule has 3 rings (SSSR count). The van der Waals surface area contributed by atoms with E-state index in [2.05, 4.69) is 5.32 Å². The molecule has 2 fully saturated rings. The maximum absolute atomic E-state index is 14.0. The molecule has 23 heavy (non-hydrogen) atoms. The van der Waals surface area contributed by atoms with Crippen molar-refractivity contribution in [3.8, 4) is 0 Å². The highest BCUT2D eigenvalue weighted by atomic mass is 35.5. The third-order valence-corrected chi connectivity index (χ3v) is 4.74. The molecule has 2 heterocycles. The minimum absolute atomic E-state index is 0.00662. The summed E-state index contributed by atoms with van der Waals surface area (Å²) in [6.45, 7) is 2.72. The molecular formula is C16H19ClFN3O2. The first-order valence-corrected chi connectivity index (χ1v) is 8.19. The van der Waals surface area contributed by atoms with Gasteiger partial charge in [0.1, 0.15) is 5.82 Å². The van der Waals surface area contributed by atoms with Gasteiger partial charge in [-0.15, -0.1) is 0 Å². The van der Waals surface area contributed by atoms with Gasteiger partial charge in [0.2, 0.25) is 5.91 Å². The first-order chi connectivity index (χ1) is 11.1. The number of hydrogen-bond acceptors (Lipinski definition) is 3. The summed E-state index contributed by atoms with van der Waals surface area (Å²) in [5, 5.41) is 3.16. The van der Waals surface area contributed by atoms with Crippen LogP contribution in [0, 0.1) is 5.82 Å². The molecule has 0 saturated carbocycles. The van der Waals surface area contributed by atoms with E-state index in [1.807, 2.05) is 4.90 Å². The van der Waals surface area contributed by atoms with Crippen molar-refractivity contribution in [3.63, 3.8) is 0 Å². The molecule has 124 valence electrons. The highest BCUT2D eigenvalue weighted by molar-refractivity contribution is 6.33. The van der Waals surface area contributed by atoms with Crippen LogP contribution >= 0.6 is 11.6 Å². The van der Waals surface area contributed by atoms with E-state index >= 15 is 0 Å². The third-order valence-electron chi connectivity index (χ3n) is 4.43. The number of piperazine rings is 1. The Balaban J connectivity index is 1.75. The molecule has 2 aliphatic rings. The van der Waals surface area contributed by atoms with Crippen molar-refractivity contribution in [1.82, 2.24) is 15.1 Å². The Morgan fingerprint density at radius 1 is 1.35 bits per heavy atom. The molecule has 1 aromatic rings. The second kappa shape index (κ2) is 6.84. The van der Waals surface area contributed by atoms with Gasteiger partial charge in [0.25, 0.3) is 5.91 Å². The lowest BCUT2D eigenvalue weighted by Crippen LogP contribution is -2.57. The molecule has 0 aromatic heterocycles. The summed E-state index contributed by atoms with van der Waals surface area (Å²) >= 11 is 5.99. The monoisotopic (exact) mass is 339 g/mol. The molecule has 7 heteroatoms. The number of hydrogen-bond donors (Lipinski definition) is 1. The van der Waals surface area contributed by atoms with Gasteiger partial charge in [-0.25, -0.2) is 4.39 Å². The highest BCUT2D eigenvalue weighted by Crippen LogP contribution is 2.24. The van der Waals surface area contributed by atoms with Crippen molar-refractivity contribution in [2.24, 2.45) is 0 Å². The molecule has 0 bridgehead atoms. The average Bonchev–Trinajstić information content (AvgIpc) is 2.55. The van der Waals surface area contributed by atoms with E-state index in [0.29, 0.717) is 26.2 Å². The van der Waals surface area contributed by atoms with Gasteiger partial charge in [-0.3, -0.25) is 9.59 Å². The summed E-state index contributed by atoms with van der Waals surface area (Å²) in [6.07, 6.45) is 1.65. The molecule has 0 spiro atoms. The van der Waals surface area contributed by atoms with Crippen LogP contribution in [-0.4, -0.2) is 60.4 Å². The molecule has 0 aliphatic carbocycles. The van der Waals surface area contributed by atoms with Gasteiger partial charge in [0, 0.05) is 32.2 Å². The Labute approximate surface area is 139 Å². The molecular weight excluding hydrogens is 321 g/mol. The fourth-order valence-electron chi connectivity index (χ4n) is 3.26. The minimum Gasteiger partial charge on any atom is -0.336 e.